The van der Waals surface area contributed by atoms with E-state index in [2.05, 4.69) is 36.0 Å². The molecule has 226 valence electrons. The molecule has 0 saturated heterocycles. The second-order valence-electron chi connectivity index (χ2n) is 9.99. The maximum Gasteiger partial charge on any atom is 0.408 e. The number of amides is 3. The Morgan fingerprint density at radius 3 is 2.10 bits per heavy atom. The SMILES string of the molecule is C=CCC(C)C(=O)NC.C=CCCC(CCCCCCC)OC(=O)NC(CC(C)C)C(=O)NCC(=O)OCC. The molecule has 0 saturated carbocycles. The monoisotopic (exact) mass is 553 g/mol. The number of esters is 1. The fourth-order valence-electron chi connectivity index (χ4n) is 3.67. The number of allylic oxidation sites excluding steroid dienone is 2. The van der Waals surface area contributed by atoms with Gasteiger partial charge >= 0.3 is 12.1 Å². The lowest BCUT2D eigenvalue weighted by Crippen LogP contribution is -2.49. The van der Waals surface area contributed by atoms with E-state index in [9.17, 15) is 19.2 Å². The Morgan fingerprint density at radius 2 is 1.56 bits per heavy atom. The zero-order chi connectivity index (χ0) is 30.1. The highest BCUT2D eigenvalue weighted by Crippen LogP contribution is 2.15. The Labute approximate surface area is 236 Å². The number of nitrogens with one attached hydrogen (secondary N) is 3. The Kier molecular flexibility index (Phi) is 25.0. The van der Waals surface area contributed by atoms with E-state index in [1.807, 2.05) is 26.8 Å². The lowest BCUT2D eigenvalue weighted by Gasteiger charge is -2.22. The third-order valence-corrected chi connectivity index (χ3v) is 5.84. The predicted octanol–water partition coefficient (Wildman–Crippen LogP) is 5.45. The molecule has 39 heavy (non-hydrogen) atoms. The molecule has 0 radical (unpaired) electrons. The summed E-state index contributed by atoms with van der Waals surface area (Å²) in [6, 6.07) is -0.767. The first kappa shape index (κ1) is 38.3. The van der Waals surface area contributed by atoms with Gasteiger partial charge < -0.3 is 25.4 Å². The van der Waals surface area contributed by atoms with Crippen molar-refractivity contribution in [2.24, 2.45) is 11.8 Å². The molecule has 9 nitrogen and oxygen atoms in total. The van der Waals surface area contributed by atoms with Crippen molar-refractivity contribution >= 4 is 23.9 Å². The third-order valence-electron chi connectivity index (χ3n) is 5.84. The third kappa shape index (κ3) is 22.8. The number of ether oxygens (including phenoxy) is 2. The molecule has 0 aromatic heterocycles. The van der Waals surface area contributed by atoms with Crippen LogP contribution in [0.3, 0.4) is 0 Å². The molecule has 3 amide bonds. The largest absolute Gasteiger partial charge is 0.465 e. The highest BCUT2D eigenvalue weighted by atomic mass is 16.6. The predicted molar refractivity (Wildman–Crippen MR) is 157 cm³/mol. The molecule has 0 fully saturated rings. The van der Waals surface area contributed by atoms with Crippen LogP contribution in [0.2, 0.25) is 0 Å². The van der Waals surface area contributed by atoms with Gasteiger partial charge in [0.1, 0.15) is 18.7 Å². The van der Waals surface area contributed by atoms with E-state index in [0.29, 0.717) is 12.8 Å². The second-order valence-corrected chi connectivity index (χ2v) is 9.99. The average molecular weight is 554 g/mol. The minimum Gasteiger partial charge on any atom is -0.465 e. The molecule has 3 N–H and O–H groups in total. The topological polar surface area (TPSA) is 123 Å². The Bertz CT molecular complexity index is 711. The molecule has 0 rings (SSSR count). The number of carbonyl (C=O) groups excluding carboxylic acids is 4. The maximum atomic E-state index is 12.5. The summed E-state index contributed by atoms with van der Waals surface area (Å²) >= 11 is 0. The van der Waals surface area contributed by atoms with Crippen LogP contribution in [0, 0.1) is 11.8 Å². The van der Waals surface area contributed by atoms with Crippen molar-refractivity contribution in [1.82, 2.24) is 16.0 Å². The van der Waals surface area contributed by atoms with Crippen LogP contribution in [0.1, 0.15) is 98.8 Å². The quantitative estimate of drug-likeness (QED) is 0.105. The van der Waals surface area contributed by atoms with Crippen LogP contribution in [0.4, 0.5) is 4.79 Å². The van der Waals surface area contributed by atoms with Crippen LogP contribution in [-0.2, 0) is 23.9 Å². The minimum absolute atomic E-state index is 0.0625. The van der Waals surface area contributed by atoms with E-state index in [-0.39, 0.29) is 37.0 Å². The molecule has 0 bridgehead atoms. The summed E-state index contributed by atoms with van der Waals surface area (Å²) < 4.78 is 10.4. The van der Waals surface area contributed by atoms with Gasteiger partial charge in [0, 0.05) is 13.0 Å². The number of rotatable bonds is 20. The molecular weight excluding hydrogens is 498 g/mol. The smallest absolute Gasteiger partial charge is 0.408 e. The maximum absolute atomic E-state index is 12.5. The zero-order valence-electron chi connectivity index (χ0n) is 25.3. The zero-order valence-corrected chi connectivity index (χ0v) is 25.3. The summed E-state index contributed by atoms with van der Waals surface area (Å²) in [5, 5.41) is 7.76. The Morgan fingerprint density at radius 1 is 0.897 bits per heavy atom. The van der Waals surface area contributed by atoms with Crippen LogP contribution in [0.15, 0.2) is 25.3 Å². The average Bonchev–Trinajstić information content (AvgIpc) is 2.89. The molecule has 0 aromatic carbocycles. The fraction of sp³-hybridized carbons (Fsp3) is 0.733. The van der Waals surface area contributed by atoms with E-state index in [4.69, 9.17) is 9.47 Å². The molecule has 3 atom stereocenters. The van der Waals surface area contributed by atoms with Crippen molar-refractivity contribution in [2.45, 2.75) is 111 Å². The number of carbonyl (C=O) groups is 4. The lowest BCUT2D eigenvalue weighted by molar-refractivity contribution is -0.143. The summed E-state index contributed by atoms with van der Waals surface area (Å²) in [6.07, 6.45) is 12.0. The van der Waals surface area contributed by atoms with E-state index in [1.54, 1.807) is 20.0 Å². The van der Waals surface area contributed by atoms with Crippen LogP contribution < -0.4 is 16.0 Å². The van der Waals surface area contributed by atoms with Crippen molar-refractivity contribution in [3.05, 3.63) is 25.3 Å². The fourth-order valence-corrected chi connectivity index (χ4v) is 3.67. The Hall–Kier alpha value is -2.84. The van der Waals surface area contributed by atoms with E-state index in [1.165, 1.54) is 19.3 Å². The molecule has 9 heteroatoms. The lowest BCUT2D eigenvalue weighted by atomic mass is 10.0. The van der Waals surface area contributed by atoms with Gasteiger partial charge in [0.2, 0.25) is 11.8 Å². The molecule has 0 spiro atoms. The van der Waals surface area contributed by atoms with Gasteiger partial charge in [-0.3, -0.25) is 14.4 Å². The summed E-state index contributed by atoms with van der Waals surface area (Å²) in [5.74, 6) is -0.610. The van der Waals surface area contributed by atoms with Gasteiger partial charge in [-0.1, -0.05) is 65.5 Å². The Balaban J connectivity index is 0. The minimum atomic E-state index is -0.767. The van der Waals surface area contributed by atoms with Crippen LogP contribution in [0.5, 0.6) is 0 Å². The molecule has 0 aliphatic heterocycles. The van der Waals surface area contributed by atoms with Gasteiger partial charge in [0.15, 0.2) is 0 Å². The summed E-state index contributed by atoms with van der Waals surface area (Å²) in [7, 11) is 1.64. The molecule has 3 unspecified atom stereocenters. The van der Waals surface area contributed by atoms with Gasteiger partial charge in [-0.2, -0.15) is 0 Å². The summed E-state index contributed by atoms with van der Waals surface area (Å²) in [5.41, 5.74) is 0. The molecular formula is C30H55N3O6. The van der Waals surface area contributed by atoms with Crippen LogP contribution in [0.25, 0.3) is 0 Å². The van der Waals surface area contributed by atoms with Gasteiger partial charge in [-0.25, -0.2) is 4.79 Å². The first-order valence-corrected chi connectivity index (χ1v) is 14.4. The molecule has 0 aliphatic carbocycles. The van der Waals surface area contributed by atoms with Crippen molar-refractivity contribution < 1.29 is 28.7 Å². The number of hydrogen-bond acceptors (Lipinski definition) is 6. The van der Waals surface area contributed by atoms with Gasteiger partial charge in [0.25, 0.3) is 0 Å². The number of hydrogen-bond donors (Lipinski definition) is 3. The van der Waals surface area contributed by atoms with E-state index in [0.717, 1.165) is 32.1 Å². The van der Waals surface area contributed by atoms with Crippen molar-refractivity contribution in [3.8, 4) is 0 Å². The molecule has 0 aromatic rings. The molecule has 0 heterocycles. The highest BCUT2D eigenvalue weighted by molar-refractivity contribution is 5.88. The van der Waals surface area contributed by atoms with Crippen molar-refractivity contribution in [2.75, 3.05) is 20.2 Å². The van der Waals surface area contributed by atoms with E-state index < -0.39 is 24.0 Å². The van der Waals surface area contributed by atoms with Gasteiger partial charge in [-0.05, 0) is 51.4 Å². The number of alkyl carbamates (subject to hydrolysis) is 1. The normalized spacial score (nSPS) is 12.6. The van der Waals surface area contributed by atoms with Crippen molar-refractivity contribution in [1.29, 1.82) is 0 Å². The van der Waals surface area contributed by atoms with Gasteiger partial charge in [0.05, 0.1) is 6.61 Å². The summed E-state index contributed by atoms with van der Waals surface area (Å²) in [6.45, 7) is 17.0. The first-order chi connectivity index (χ1) is 18.6. The van der Waals surface area contributed by atoms with Gasteiger partial charge in [-0.15, -0.1) is 13.2 Å². The van der Waals surface area contributed by atoms with E-state index >= 15 is 0 Å². The van der Waals surface area contributed by atoms with Crippen LogP contribution in [-0.4, -0.2) is 56.2 Å². The summed E-state index contributed by atoms with van der Waals surface area (Å²) in [4.78, 5) is 47.1. The van der Waals surface area contributed by atoms with Crippen molar-refractivity contribution in [3.63, 3.8) is 0 Å². The standard InChI is InChI=1S/C23H42N2O5.C7H13NO/c1-6-9-11-12-13-15-19(14-10-7-2)30-23(28)25-20(16-18(4)5)22(27)24-17-21(26)29-8-3;1-4-5-6(2)7(9)8-3/h7,18-20H,2,6,8-17H2,1,3-5H3,(H,24,27)(H,25,28);4,6H,1,5H2,2-3H3,(H,8,9). The van der Waals surface area contributed by atoms with Crippen LogP contribution >= 0.6 is 0 Å². The number of unbranched alkanes of at least 4 members (excludes halogenated alkanes) is 4. The highest BCUT2D eigenvalue weighted by Gasteiger charge is 2.24. The molecule has 0 aliphatic rings. The second kappa shape index (κ2) is 25.4. The first-order valence-electron chi connectivity index (χ1n) is 14.4.